The van der Waals surface area contributed by atoms with Crippen molar-refractivity contribution >= 4 is 74.3 Å². The highest BCUT2D eigenvalue weighted by atomic mass is 35.5. The van der Waals surface area contributed by atoms with Gasteiger partial charge in [-0.1, -0.05) is 65.1 Å². The lowest BCUT2D eigenvalue weighted by atomic mass is 10.2. The maximum atomic E-state index is 12.6. The monoisotopic (exact) mass is 502 g/mol. The summed E-state index contributed by atoms with van der Waals surface area (Å²) in [5.74, 6) is -0.708. The topological polar surface area (TPSA) is 67.8 Å². The third-order valence-corrected chi connectivity index (χ3v) is 6.55. The summed E-state index contributed by atoms with van der Waals surface area (Å²) in [7, 11) is 0. The van der Waals surface area contributed by atoms with Gasteiger partial charge in [-0.25, -0.2) is 10.2 Å². The van der Waals surface area contributed by atoms with Gasteiger partial charge in [0, 0.05) is 15.1 Å². The molecule has 0 saturated carbocycles. The molecule has 9 heteroatoms. The molecule has 32 heavy (non-hydrogen) atoms. The normalized spacial score (nSPS) is 11.1. The second-order valence-electron chi connectivity index (χ2n) is 6.53. The molecule has 0 unspecified atom stereocenters. The van der Waals surface area contributed by atoms with Gasteiger partial charge in [0.05, 0.1) is 21.8 Å². The number of carbonyl (C=O) groups excluding carboxylic acids is 2. The Morgan fingerprint density at radius 2 is 1.78 bits per heavy atom. The van der Waals surface area contributed by atoms with Gasteiger partial charge in [-0.2, -0.15) is 5.10 Å². The fraction of sp³-hybridized carbons (Fsp3) is 0. The van der Waals surface area contributed by atoms with Crippen molar-refractivity contribution in [1.29, 1.82) is 0 Å². The Balaban J connectivity index is 1.44. The standard InChI is InChI=1S/C23H13Cl3N2O3S/c24-14-8-9-16(18(25)11-14)22(29)28-27-12-13-4-3-5-15(10-13)31-23(30)21-20(26)17-6-1-2-7-19(17)32-21/h1-12H,(H,28,29)/b27-12-. The molecule has 1 heterocycles. The van der Waals surface area contributed by atoms with Crippen molar-refractivity contribution in [2.75, 3.05) is 0 Å². The third-order valence-electron chi connectivity index (χ3n) is 4.34. The van der Waals surface area contributed by atoms with Crippen molar-refractivity contribution in [3.63, 3.8) is 0 Å². The summed E-state index contributed by atoms with van der Waals surface area (Å²) in [5, 5.41) is 5.76. The van der Waals surface area contributed by atoms with Gasteiger partial charge in [0.1, 0.15) is 10.6 Å². The molecule has 0 atom stereocenters. The molecular formula is C23H13Cl3N2O3S. The maximum absolute atomic E-state index is 12.6. The minimum Gasteiger partial charge on any atom is -0.422 e. The fourth-order valence-electron chi connectivity index (χ4n) is 2.86. The molecule has 4 aromatic rings. The quantitative estimate of drug-likeness (QED) is 0.140. The van der Waals surface area contributed by atoms with E-state index < -0.39 is 11.9 Å². The minimum absolute atomic E-state index is 0.221. The Morgan fingerprint density at radius 3 is 2.56 bits per heavy atom. The first kappa shape index (κ1) is 22.3. The molecule has 1 aromatic heterocycles. The van der Waals surface area contributed by atoms with E-state index in [1.807, 2.05) is 24.3 Å². The highest BCUT2D eigenvalue weighted by Gasteiger charge is 2.19. The largest absolute Gasteiger partial charge is 0.422 e. The van der Waals surface area contributed by atoms with Gasteiger partial charge in [0.2, 0.25) is 0 Å². The van der Waals surface area contributed by atoms with Crippen molar-refractivity contribution < 1.29 is 14.3 Å². The summed E-state index contributed by atoms with van der Waals surface area (Å²) < 4.78 is 6.39. The molecule has 0 aliphatic heterocycles. The number of thiophene rings is 1. The average molecular weight is 504 g/mol. The number of esters is 1. The van der Waals surface area contributed by atoms with Crippen LogP contribution in [0.25, 0.3) is 10.1 Å². The van der Waals surface area contributed by atoms with Gasteiger partial charge >= 0.3 is 5.97 Å². The molecule has 4 rings (SSSR count). The molecule has 0 aliphatic carbocycles. The number of benzene rings is 3. The van der Waals surface area contributed by atoms with E-state index in [9.17, 15) is 9.59 Å². The highest BCUT2D eigenvalue weighted by molar-refractivity contribution is 7.21. The maximum Gasteiger partial charge on any atom is 0.355 e. The lowest BCUT2D eigenvalue weighted by Gasteiger charge is -2.05. The molecule has 0 fully saturated rings. The predicted octanol–water partition coefficient (Wildman–Crippen LogP) is 6.84. The van der Waals surface area contributed by atoms with E-state index in [0.29, 0.717) is 26.2 Å². The van der Waals surface area contributed by atoms with Crippen LogP contribution >= 0.6 is 46.1 Å². The second kappa shape index (κ2) is 9.71. The highest BCUT2D eigenvalue weighted by Crippen LogP contribution is 2.35. The lowest BCUT2D eigenvalue weighted by Crippen LogP contribution is -2.18. The first-order chi connectivity index (χ1) is 15.4. The van der Waals surface area contributed by atoms with E-state index in [1.165, 1.54) is 29.7 Å². The fourth-order valence-corrected chi connectivity index (χ4v) is 4.74. The molecule has 3 aromatic carbocycles. The zero-order chi connectivity index (χ0) is 22.7. The van der Waals surface area contributed by atoms with Gasteiger partial charge in [-0.15, -0.1) is 11.3 Å². The first-order valence-corrected chi connectivity index (χ1v) is 11.1. The molecule has 0 aliphatic rings. The van der Waals surface area contributed by atoms with E-state index in [4.69, 9.17) is 39.5 Å². The van der Waals surface area contributed by atoms with Crippen LogP contribution in [0, 0.1) is 0 Å². The van der Waals surface area contributed by atoms with Crippen LogP contribution in [-0.2, 0) is 0 Å². The van der Waals surface area contributed by atoms with Crippen LogP contribution in [0.5, 0.6) is 5.75 Å². The number of hydrogen-bond acceptors (Lipinski definition) is 5. The zero-order valence-corrected chi connectivity index (χ0v) is 19.2. The van der Waals surface area contributed by atoms with Crippen molar-refractivity contribution in [3.8, 4) is 5.75 Å². The molecule has 0 bridgehead atoms. The number of amides is 1. The number of carbonyl (C=O) groups is 2. The number of hydrogen-bond donors (Lipinski definition) is 1. The predicted molar refractivity (Wildman–Crippen MR) is 130 cm³/mol. The summed E-state index contributed by atoms with van der Waals surface area (Å²) in [6.45, 7) is 0. The summed E-state index contributed by atoms with van der Waals surface area (Å²) in [6.07, 6.45) is 1.42. The van der Waals surface area contributed by atoms with Gasteiger partial charge in [0.25, 0.3) is 5.91 Å². The Morgan fingerprint density at radius 1 is 0.969 bits per heavy atom. The molecular weight excluding hydrogens is 491 g/mol. The number of fused-ring (bicyclic) bond motifs is 1. The van der Waals surface area contributed by atoms with Gasteiger partial charge in [0.15, 0.2) is 0 Å². The first-order valence-electron chi connectivity index (χ1n) is 9.20. The van der Waals surface area contributed by atoms with Crippen LogP contribution in [0.1, 0.15) is 25.6 Å². The molecule has 0 radical (unpaired) electrons. The zero-order valence-electron chi connectivity index (χ0n) is 16.1. The molecule has 160 valence electrons. The van der Waals surface area contributed by atoms with Gasteiger partial charge in [-0.05, 0) is 42.0 Å². The number of hydrazone groups is 1. The van der Waals surface area contributed by atoms with Gasteiger partial charge < -0.3 is 4.74 Å². The molecule has 1 N–H and O–H groups in total. The summed E-state index contributed by atoms with van der Waals surface area (Å²) in [6, 6.07) is 18.7. The van der Waals surface area contributed by atoms with Crippen LogP contribution in [0.2, 0.25) is 15.1 Å². The number of rotatable bonds is 5. The smallest absolute Gasteiger partial charge is 0.355 e. The van der Waals surface area contributed by atoms with Gasteiger partial charge in [-0.3, -0.25) is 4.79 Å². The van der Waals surface area contributed by atoms with Crippen LogP contribution in [0.4, 0.5) is 0 Å². The molecule has 5 nitrogen and oxygen atoms in total. The molecule has 0 saturated heterocycles. The van der Waals surface area contributed by atoms with Crippen LogP contribution < -0.4 is 10.2 Å². The summed E-state index contributed by atoms with van der Waals surface area (Å²) in [5.41, 5.74) is 3.25. The lowest BCUT2D eigenvalue weighted by molar-refractivity contribution is 0.0740. The second-order valence-corrected chi connectivity index (χ2v) is 8.80. The van der Waals surface area contributed by atoms with Crippen LogP contribution in [-0.4, -0.2) is 18.1 Å². The minimum atomic E-state index is -0.545. The third kappa shape index (κ3) is 4.95. The Kier molecular flexibility index (Phi) is 6.77. The number of halogens is 3. The summed E-state index contributed by atoms with van der Waals surface area (Å²) >= 11 is 19.5. The number of nitrogens with zero attached hydrogens (tertiary/aromatic N) is 1. The Hall–Kier alpha value is -2.90. The summed E-state index contributed by atoms with van der Waals surface area (Å²) in [4.78, 5) is 25.2. The van der Waals surface area contributed by atoms with E-state index in [0.717, 1.165) is 10.1 Å². The van der Waals surface area contributed by atoms with E-state index >= 15 is 0 Å². The van der Waals surface area contributed by atoms with Crippen molar-refractivity contribution in [3.05, 3.63) is 97.8 Å². The van der Waals surface area contributed by atoms with E-state index in [1.54, 1.807) is 30.3 Å². The van der Waals surface area contributed by atoms with E-state index in [2.05, 4.69) is 10.5 Å². The molecule has 1 amide bonds. The van der Waals surface area contributed by atoms with Crippen LogP contribution in [0.3, 0.4) is 0 Å². The Bertz CT molecular complexity index is 1370. The van der Waals surface area contributed by atoms with Crippen molar-refractivity contribution in [2.45, 2.75) is 0 Å². The number of nitrogens with one attached hydrogen (secondary N) is 1. The van der Waals surface area contributed by atoms with Crippen molar-refractivity contribution in [1.82, 2.24) is 5.43 Å². The average Bonchev–Trinajstić information content (AvgIpc) is 3.11. The van der Waals surface area contributed by atoms with E-state index in [-0.39, 0.29) is 10.6 Å². The number of ether oxygens (including phenoxy) is 1. The van der Waals surface area contributed by atoms with Crippen molar-refractivity contribution in [2.24, 2.45) is 5.10 Å². The molecule has 0 spiro atoms. The SMILES string of the molecule is O=C(N/N=C\c1cccc(OC(=O)c2sc3ccccc3c2Cl)c1)c1ccc(Cl)cc1Cl. The Labute approximate surface area is 202 Å². The van der Waals surface area contributed by atoms with Crippen LogP contribution in [0.15, 0.2) is 71.8 Å².